The number of rotatable bonds is 6. The molecule has 0 aliphatic carbocycles. The topological polar surface area (TPSA) is 67.4 Å². The maximum absolute atomic E-state index is 6.52. The zero-order valence-corrected chi connectivity index (χ0v) is 17.8. The lowest BCUT2D eigenvalue weighted by Gasteiger charge is -2.35. The third-order valence-corrected chi connectivity index (χ3v) is 5.68. The van der Waals surface area contributed by atoms with Crippen LogP contribution in [0.3, 0.4) is 0 Å². The van der Waals surface area contributed by atoms with Crippen LogP contribution in [-0.2, 0) is 11.3 Å². The third-order valence-electron chi connectivity index (χ3n) is 5.33. The van der Waals surface area contributed by atoms with Gasteiger partial charge in [0.25, 0.3) is 0 Å². The summed E-state index contributed by atoms with van der Waals surface area (Å²) in [4.78, 5) is 6.78. The Morgan fingerprint density at radius 3 is 2.70 bits per heavy atom. The Bertz CT molecular complexity index is 886. The van der Waals surface area contributed by atoms with E-state index in [1.807, 2.05) is 36.4 Å². The zero-order chi connectivity index (χ0) is 20.8. The maximum Gasteiger partial charge on any atom is 0.231 e. The first-order valence-electron chi connectivity index (χ1n) is 10.1. The Balaban J connectivity index is 1.39. The predicted octanol–water partition coefficient (Wildman–Crippen LogP) is 2.81. The van der Waals surface area contributed by atoms with Crippen LogP contribution in [0.15, 0.2) is 47.5 Å². The molecule has 2 aliphatic rings. The van der Waals surface area contributed by atoms with Crippen molar-refractivity contribution in [1.29, 1.82) is 0 Å². The number of hydrogen-bond acceptors (Lipinski definition) is 5. The van der Waals surface area contributed by atoms with Gasteiger partial charge >= 0.3 is 0 Å². The summed E-state index contributed by atoms with van der Waals surface area (Å²) in [5, 5.41) is 7.60. The molecule has 7 nitrogen and oxygen atoms in total. The number of ether oxygens (including phenoxy) is 3. The van der Waals surface area contributed by atoms with E-state index in [-0.39, 0.29) is 12.8 Å². The summed E-state index contributed by atoms with van der Waals surface area (Å²) in [6.45, 7) is 4.81. The van der Waals surface area contributed by atoms with E-state index in [0.29, 0.717) is 13.1 Å². The van der Waals surface area contributed by atoms with Gasteiger partial charge in [0.1, 0.15) is 0 Å². The first-order valence-corrected chi connectivity index (χ1v) is 10.5. The molecule has 1 saturated heterocycles. The zero-order valence-electron chi connectivity index (χ0n) is 17.1. The van der Waals surface area contributed by atoms with Gasteiger partial charge in [-0.2, -0.15) is 0 Å². The van der Waals surface area contributed by atoms with Crippen LogP contribution in [-0.4, -0.2) is 57.5 Å². The summed E-state index contributed by atoms with van der Waals surface area (Å²) in [6.07, 6.45) is 0. The maximum atomic E-state index is 6.52. The molecule has 30 heavy (non-hydrogen) atoms. The SMILES string of the molecule is CN=C(NCc1ccc2c(c1)OCO2)NCC(c1ccccc1Cl)N1CCOCC1. The normalized spacial score (nSPS) is 17.6. The fourth-order valence-corrected chi connectivity index (χ4v) is 3.98. The number of hydrogen-bond donors (Lipinski definition) is 2. The van der Waals surface area contributed by atoms with Crippen LogP contribution in [0.25, 0.3) is 0 Å². The second-order valence-corrected chi connectivity index (χ2v) is 7.59. The van der Waals surface area contributed by atoms with E-state index < -0.39 is 0 Å². The van der Waals surface area contributed by atoms with Crippen molar-refractivity contribution in [2.75, 3.05) is 46.7 Å². The molecular weight excluding hydrogens is 404 g/mol. The quantitative estimate of drug-likeness (QED) is 0.542. The van der Waals surface area contributed by atoms with E-state index in [1.54, 1.807) is 7.05 Å². The number of halogens is 1. The average molecular weight is 431 g/mol. The minimum absolute atomic E-state index is 0.131. The highest BCUT2D eigenvalue weighted by atomic mass is 35.5. The van der Waals surface area contributed by atoms with E-state index in [2.05, 4.69) is 26.6 Å². The van der Waals surface area contributed by atoms with Crippen LogP contribution in [0.4, 0.5) is 0 Å². The van der Waals surface area contributed by atoms with Crippen molar-refractivity contribution < 1.29 is 14.2 Å². The molecular formula is C22H27ClN4O3. The van der Waals surface area contributed by atoms with E-state index in [0.717, 1.165) is 59.9 Å². The summed E-state index contributed by atoms with van der Waals surface area (Å²) >= 11 is 6.52. The molecule has 2 aromatic rings. The number of benzene rings is 2. The highest BCUT2D eigenvalue weighted by molar-refractivity contribution is 6.31. The molecule has 1 atom stereocenters. The lowest BCUT2D eigenvalue weighted by molar-refractivity contribution is 0.0170. The highest BCUT2D eigenvalue weighted by Crippen LogP contribution is 2.32. The minimum atomic E-state index is 0.131. The predicted molar refractivity (Wildman–Crippen MR) is 117 cm³/mol. The van der Waals surface area contributed by atoms with Gasteiger partial charge in [0.2, 0.25) is 6.79 Å². The van der Waals surface area contributed by atoms with Crippen molar-refractivity contribution in [3.8, 4) is 11.5 Å². The van der Waals surface area contributed by atoms with Gasteiger partial charge in [-0.1, -0.05) is 35.9 Å². The van der Waals surface area contributed by atoms with Gasteiger partial charge in [0.05, 0.1) is 19.3 Å². The second kappa shape index (κ2) is 10.0. The summed E-state index contributed by atoms with van der Waals surface area (Å²) in [6, 6.07) is 14.1. The molecule has 0 amide bonds. The molecule has 0 saturated carbocycles. The molecule has 0 spiro atoms. The van der Waals surface area contributed by atoms with Crippen molar-refractivity contribution in [1.82, 2.24) is 15.5 Å². The minimum Gasteiger partial charge on any atom is -0.454 e. The molecule has 2 N–H and O–H groups in total. The first-order chi connectivity index (χ1) is 14.7. The standard InChI is InChI=1S/C22H27ClN4O3/c1-24-22(25-13-16-6-7-20-21(12-16)30-15-29-20)26-14-19(27-8-10-28-11-9-27)17-4-2-3-5-18(17)23/h2-7,12,19H,8-11,13-15H2,1H3,(H2,24,25,26). The van der Waals surface area contributed by atoms with E-state index >= 15 is 0 Å². The molecule has 8 heteroatoms. The third kappa shape index (κ3) is 4.98. The fourth-order valence-electron chi connectivity index (χ4n) is 3.72. The summed E-state index contributed by atoms with van der Waals surface area (Å²) in [7, 11) is 1.77. The summed E-state index contributed by atoms with van der Waals surface area (Å²) in [5.74, 6) is 2.30. The molecule has 0 radical (unpaired) electrons. The monoisotopic (exact) mass is 430 g/mol. The molecule has 2 aromatic carbocycles. The molecule has 0 bridgehead atoms. The van der Waals surface area contributed by atoms with Crippen molar-refractivity contribution >= 4 is 17.6 Å². The number of guanidine groups is 1. The van der Waals surface area contributed by atoms with Crippen LogP contribution in [0.2, 0.25) is 5.02 Å². The van der Waals surface area contributed by atoms with Gasteiger partial charge < -0.3 is 24.8 Å². The molecule has 1 unspecified atom stereocenters. The lowest BCUT2D eigenvalue weighted by atomic mass is 10.0. The number of morpholine rings is 1. The van der Waals surface area contributed by atoms with Crippen molar-refractivity contribution in [2.45, 2.75) is 12.6 Å². The van der Waals surface area contributed by atoms with Gasteiger partial charge in [-0.25, -0.2) is 0 Å². The van der Waals surface area contributed by atoms with E-state index in [4.69, 9.17) is 25.8 Å². The molecule has 2 heterocycles. The van der Waals surface area contributed by atoms with Gasteiger partial charge in [0.15, 0.2) is 17.5 Å². The molecule has 2 aliphatic heterocycles. The number of nitrogens with zero attached hydrogens (tertiary/aromatic N) is 2. The first kappa shape index (κ1) is 20.8. The molecule has 0 aromatic heterocycles. The molecule has 160 valence electrons. The Morgan fingerprint density at radius 2 is 1.90 bits per heavy atom. The fraction of sp³-hybridized carbons (Fsp3) is 0.409. The van der Waals surface area contributed by atoms with Gasteiger partial charge in [-0.05, 0) is 29.3 Å². The number of nitrogens with one attached hydrogen (secondary N) is 2. The summed E-state index contributed by atoms with van der Waals surface area (Å²) in [5.41, 5.74) is 2.21. The number of fused-ring (bicyclic) bond motifs is 1. The van der Waals surface area contributed by atoms with Crippen LogP contribution in [0, 0.1) is 0 Å². The van der Waals surface area contributed by atoms with Crippen molar-refractivity contribution in [3.05, 3.63) is 58.6 Å². The van der Waals surface area contributed by atoms with Crippen LogP contribution < -0.4 is 20.1 Å². The highest BCUT2D eigenvalue weighted by Gasteiger charge is 2.24. The Morgan fingerprint density at radius 1 is 1.10 bits per heavy atom. The van der Waals surface area contributed by atoms with E-state index in [9.17, 15) is 0 Å². The van der Waals surface area contributed by atoms with Crippen molar-refractivity contribution in [3.63, 3.8) is 0 Å². The van der Waals surface area contributed by atoms with Gasteiger partial charge in [-0.15, -0.1) is 0 Å². The molecule has 4 rings (SSSR count). The number of aliphatic imine (C=N–C) groups is 1. The second-order valence-electron chi connectivity index (χ2n) is 7.18. The van der Waals surface area contributed by atoms with Crippen molar-refractivity contribution in [2.24, 2.45) is 4.99 Å². The van der Waals surface area contributed by atoms with E-state index in [1.165, 1.54) is 0 Å². The van der Waals surface area contributed by atoms with Gasteiger partial charge in [-0.3, -0.25) is 9.89 Å². The van der Waals surface area contributed by atoms with Crippen LogP contribution >= 0.6 is 11.6 Å². The van der Waals surface area contributed by atoms with Crippen LogP contribution in [0.1, 0.15) is 17.2 Å². The Labute approximate surface area is 182 Å². The Hall–Kier alpha value is -2.48. The van der Waals surface area contributed by atoms with Crippen LogP contribution in [0.5, 0.6) is 11.5 Å². The summed E-state index contributed by atoms with van der Waals surface area (Å²) < 4.78 is 16.4. The lowest BCUT2D eigenvalue weighted by Crippen LogP contribution is -2.46. The molecule has 1 fully saturated rings. The Kier molecular flexibility index (Phi) is 6.94. The average Bonchev–Trinajstić information content (AvgIpc) is 3.26. The van der Waals surface area contributed by atoms with Gasteiger partial charge in [0, 0.05) is 38.2 Å². The smallest absolute Gasteiger partial charge is 0.231 e. The largest absolute Gasteiger partial charge is 0.454 e.